The first-order chi connectivity index (χ1) is 10.7. The predicted octanol–water partition coefficient (Wildman–Crippen LogP) is 1.19. The van der Waals surface area contributed by atoms with Crippen LogP contribution in [0.3, 0.4) is 0 Å². The number of ether oxygens (including phenoxy) is 3. The number of aromatic nitrogens is 2. The van der Waals surface area contributed by atoms with Gasteiger partial charge in [0.05, 0.1) is 33.0 Å². The minimum Gasteiger partial charge on any atom is -0.493 e. The fraction of sp³-hybridized carbons (Fsp3) is 0.467. The van der Waals surface area contributed by atoms with Gasteiger partial charge in [0.1, 0.15) is 5.52 Å². The standard InChI is InChI=1S/C15H20N2O5/c1-20-11-8-10-12(14(22-3)13(11)21-2)16-9-17(15(10)19)6-4-5-7-18/h8-9,18H,4-7H2,1-3H3. The van der Waals surface area contributed by atoms with Gasteiger partial charge in [0.2, 0.25) is 5.75 Å². The largest absolute Gasteiger partial charge is 0.493 e. The minimum absolute atomic E-state index is 0.106. The molecular weight excluding hydrogens is 288 g/mol. The molecule has 0 saturated heterocycles. The first-order valence-corrected chi connectivity index (χ1v) is 6.96. The van der Waals surface area contributed by atoms with Gasteiger partial charge in [0.15, 0.2) is 11.5 Å². The van der Waals surface area contributed by atoms with Crippen LogP contribution in [-0.2, 0) is 6.54 Å². The Hall–Kier alpha value is -2.28. The van der Waals surface area contributed by atoms with E-state index >= 15 is 0 Å². The van der Waals surface area contributed by atoms with E-state index < -0.39 is 0 Å². The van der Waals surface area contributed by atoms with Crippen molar-refractivity contribution in [3.05, 3.63) is 22.7 Å². The smallest absolute Gasteiger partial charge is 0.261 e. The summed E-state index contributed by atoms with van der Waals surface area (Å²) in [5.41, 5.74) is 0.255. The highest BCUT2D eigenvalue weighted by molar-refractivity contribution is 5.89. The third kappa shape index (κ3) is 2.85. The topological polar surface area (TPSA) is 82.8 Å². The van der Waals surface area contributed by atoms with E-state index in [0.717, 1.165) is 0 Å². The number of aryl methyl sites for hydroxylation is 1. The number of aliphatic hydroxyl groups is 1. The quantitative estimate of drug-likeness (QED) is 0.774. The molecule has 0 amide bonds. The lowest BCUT2D eigenvalue weighted by Gasteiger charge is -2.14. The molecular formula is C15H20N2O5. The molecule has 1 N–H and O–H groups in total. The molecule has 1 heterocycles. The Labute approximate surface area is 128 Å². The lowest BCUT2D eigenvalue weighted by molar-refractivity contribution is 0.281. The van der Waals surface area contributed by atoms with Crippen molar-refractivity contribution in [3.8, 4) is 17.2 Å². The van der Waals surface area contributed by atoms with Crippen molar-refractivity contribution in [2.24, 2.45) is 0 Å². The van der Waals surface area contributed by atoms with E-state index in [1.54, 1.807) is 6.07 Å². The molecule has 0 spiro atoms. The zero-order valence-electron chi connectivity index (χ0n) is 13.0. The molecule has 0 fully saturated rings. The molecule has 0 radical (unpaired) electrons. The summed E-state index contributed by atoms with van der Waals surface area (Å²) in [6.07, 6.45) is 2.82. The van der Waals surface area contributed by atoms with Crippen LogP contribution < -0.4 is 19.8 Å². The molecule has 0 unspecified atom stereocenters. The Morgan fingerprint density at radius 1 is 1.14 bits per heavy atom. The number of aliphatic hydroxyl groups excluding tert-OH is 1. The molecule has 1 aromatic heterocycles. The van der Waals surface area contributed by atoms with Gasteiger partial charge in [0.25, 0.3) is 5.56 Å². The molecule has 7 heteroatoms. The van der Waals surface area contributed by atoms with Crippen molar-refractivity contribution < 1.29 is 19.3 Å². The summed E-state index contributed by atoms with van der Waals surface area (Å²) < 4.78 is 17.4. The molecule has 120 valence electrons. The molecule has 0 aliphatic rings. The Kier molecular flexibility index (Phi) is 5.21. The normalized spacial score (nSPS) is 10.7. The highest BCUT2D eigenvalue weighted by Crippen LogP contribution is 2.41. The fourth-order valence-electron chi connectivity index (χ4n) is 2.32. The number of hydrogen-bond donors (Lipinski definition) is 1. The lowest BCUT2D eigenvalue weighted by Crippen LogP contribution is -2.21. The van der Waals surface area contributed by atoms with E-state index in [4.69, 9.17) is 19.3 Å². The summed E-state index contributed by atoms with van der Waals surface area (Å²) in [6, 6.07) is 1.61. The number of methoxy groups -OCH3 is 3. The van der Waals surface area contributed by atoms with Crippen LogP contribution in [0.5, 0.6) is 17.2 Å². The Bertz CT molecular complexity index is 711. The van der Waals surface area contributed by atoms with Crippen LogP contribution in [0.2, 0.25) is 0 Å². The van der Waals surface area contributed by atoms with Crippen molar-refractivity contribution in [1.29, 1.82) is 0 Å². The van der Waals surface area contributed by atoms with Gasteiger partial charge >= 0.3 is 0 Å². The summed E-state index contributed by atoms with van der Waals surface area (Å²) in [5.74, 6) is 1.19. The Morgan fingerprint density at radius 3 is 2.45 bits per heavy atom. The van der Waals surface area contributed by atoms with E-state index in [2.05, 4.69) is 4.98 Å². The second-order valence-electron chi connectivity index (χ2n) is 4.72. The zero-order valence-corrected chi connectivity index (χ0v) is 13.0. The molecule has 0 aliphatic heterocycles. The van der Waals surface area contributed by atoms with Gasteiger partial charge in [0, 0.05) is 13.2 Å². The third-order valence-corrected chi connectivity index (χ3v) is 3.43. The van der Waals surface area contributed by atoms with E-state index in [-0.39, 0.29) is 12.2 Å². The number of benzene rings is 1. The van der Waals surface area contributed by atoms with Gasteiger partial charge in [-0.3, -0.25) is 9.36 Å². The Morgan fingerprint density at radius 2 is 1.86 bits per heavy atom. The van der Waals surface area contributed by atoms with Crippen molar-refractivity contribution in [1.82, 2.24) is 9.55 Å². The Balaban J connectivity index is 2.61. The maximum absolute atomic E-state index is 12.6. The fourth-order valence-corrected chi connectivity index (χ4v) is 2.32. The molecule has 7 nitrogen and oxygen atoms in total. The third-order valence-electron chi connectivity index (χ3n) is 3.43. The monoisotopic (exact) mass is 308 g/mol. The molecule has 0 aliphatic carbocycles. The zero-order chi connectivity index (χ0) is 16.1. The van der Waals surface area contributed by atoms with Crippen LogP contribution >= 0.6 is 0 Å². The second kappa shape index (κ2) is 7.13. The van der Waals surface area contributed by atoms with Gasteiger partial charge in [-0.05, 0) is 18.9 Å². The maximum atomic E-state index is 12.6. The summed E-state index contributed by atoms with van der Waals surface area (Å²) in [4.78, 5) is 16.9. The number of hydrogen-bond acceptors (Lipinski definition) is 6. The minimum atomic E-state index is -0.179. The van der Waals surface area contributed by atoms with Crippen LogP contribution in [0.15, 0.2) is 17.2 Å². The molecule has 2 aromatic rings. The molecule has 0 saturated carbocycles. The van der Waals surface area contributed by atoms with Crippen LogP contribution in [0.1, 0.15) is 12.8 Å². The van der Waals surface area contributed by atoms with Gasteiger partial charge in [-0.1, -0.05) is 0 Å². The number of rotatable bonds is 7. The molecule has 0 bridgehead atoms. The maximum Gasteiger partial charge on any atom is 0.261 e. The average molecular weight is 308 g/mol. The van der Waals surface area contributed by atoms with E-state index in [1.807, 2.05) is 0 Å². The number of fused-ring (bicyclic) bond motifs is 1. The van der Waals surface area contributed by atoms with Crippen LogP contribution in [0.25, 0.3) is 10.9 Å². The highest BCUT2D eigenvalue weighted by Gasteiger charge is 2.19. The van der Waals surface area contributed by atoms with Gasteiger partial charge in [-0.2, -0.15) is 0 Å². The van der Waals surface area contributed by atoms with Gasteiger partial charge < -0.3 is 19.3 Å². The first-order valence-electron chi connectivity index (χ1n) is 6.96. The lowest BCUT2D eigenvalue weighted by atomic mass is 10.2. The van der Waals surface area contributed by atoms with E-state index in [9.17, 15) is 4.79 Å². The number of nitrogens with zero attached hydrogens (tertiary/aromatic N) is 2. The van der Waals surface area contributed by atoms with Crippen molar-refractivity contribution in [2.75, 3.05) is 27.9 Å². The van der Waals surface area contributed by atoms with Crippen molar-refractivity contribution in [3.63, 3.8) is 0 Å². The van der Waals surface area contributed by atoms with Crippen LogP contribution in [0, 0.1) is 0 Å². The van der Waals surface area contributed by atoms with Crippen LogP contribution in [-0.4, -0.2) is 42.6 Å². The van der Waals surface area contributed by atoms with Gasteiger partial charge in [-0.25, -0.2) is 4.98 Å². The SMILES string of the molecule is COc1cc2c(=O)n(CCCCO)cnc2c(OC)c1OC. The molecule has 2 rings (SSSR count). The van der Waals surface area contributed by atoms with Crippen molar-refractivity contribution in [2.45, 2.75) is 19.4 Å². The summed E-state index contributed by atoms with van der Waals surface area (Å²) >= 11 is 0. The summed E-state index contributed by atoms with van der Waals surface area (Å²) in [5, 5.41) is 9.23. The summed E-state index contributed by atoms with van der Waals surface area (Å²) in [7, 11) is 4.49. The van der Waals surface area contributed by atoms with Crippen molar-refractivity contribution >= 4 is 10.9 Å². The van der Waals surface area contributed by atoms with Crippen LogP contribution in [0.4, 0.5) is 0 Å². The first kappa shape index (κ1) is 16.1. The van der Waals surface area contributed by atoms with E-state index in [0.29, 0.717) is 47.5 Å². The molecule has 1 aromatic carbocycles. The van der Waals surface area contributed by atoms with E-state index in [1.165, 1.54) is 32.2 Å². The molecule has 0 atom stereocenters. The average Bonchev–Trinajstić information content (AvgIpc) is 2.55. The second-order valence-corrected chi connectivity index (χ2v) is 4.72. The number of unbranched alkanes of at least 4 members (excludes halogenated alkanes) is 1. The summed E-state index contributed by atoms with van der Waals surface area (Å²) in [6.45, 7) is 0.605. The molecule has 22 heavy (non-hydrogen) atoms. The highest BCUT2D eigenvalue weighted by atomic mass is 16.5. The predicted molar refractivity (Wildman–Crippen MR) is 82.0 cm³/mol. The van der Waals surface area contributed by atoms with Gasteiger partial charge in [-0.15, -0.1) is 0 Å².